The minimum atomic E-state index is -0.860. The molecule has 1 fully saturated rings. The van der Waals surface area contributed by atoms with E-state index in [2.05, 4.69) is 10.6 Å². The number of methoxy groups -OCH3 is 1. The molecule has 0 amide bonds. The van der Waals surface area contributed by atoms with Crippen LogP contribution in [0.4, 0.5) is 5.69 Å². The zero-order valence-electron chi connectivity index (χ0n) is 11.3. The highest BCUT2D eigenvalue weighted by Gasteiger charge is 2.58. The van der Waals surface area contributed by atoms with Gasteiger partial charge in [0.2, 0.25) is 0 Å². The van der Waals surface area contributed by atoms with Crippen molar-refractivity contribution in [3.8, 4) is 0 Å². The molecule has 0 aliphatic carbocycles. The number of ether oxygens (including phenoxy) is 2. The summed E-state index contributed by atoms with van der Waals surface area (Å²) in [6.45, 7) is 1.37. The van der Waals surface area contributed by atoms with Crippen molar-refractivity contribution in [2.45, 2.75) is 31.2 Å². The molecule has 0 aromatic heterocycles. The molecule has 0 radical (unpaired) electrons. The van der Waals surface area contributed by atoms with Gasteiger partial charge in [-0.2, -0.15) is 0 Å². The Labute approximate surface area is 116 Å². The molecule has 3 atom stereocenters. The molecule has 2 N–H and O–H groups in total. The second-order valence-corrected chi connectivity index (χ2v) is 5.05. The molecule has 0 bridgehead atoms. The predicted molar refractivity (Wildman–Crippen MR) is 70.9 cm³/mol. The summed E-state index contributed by atoms with van der Waals surface area (Å²) in [4.78, 5) is 23.2. The standard InChI is InChI=1S/C14H16N2O4/c1-8(17)20-14-7-11(12(18)19-2)16-13(14)15-10-6-4-3-5-9(10)14/h3-6,11,13,15-16H,7H2,1-2H3/t11-,13+,14-/m1/s1. The molecule has 1 saturated heterocycles. The summed E-state index contributed by atoms with van der Waals surface area (Å²) in [5.41, 5.74) is 0.940. The first-order chi connectivity index (χ1) is 9.56. The normalized spacial score (nSPS) is 30.1. The fourth-order valence-corrected chi connectivity index (χ4v) is 3.08. The van der Waals surface area contributed by atoms with Crippen molar-refractivity contribution in [1.82, 2.24) is 5.32 Å². The van der Waals surface area contributed by atoms with E-state index in [4.69, 9.17) is 9.47 Å². The van der Waals surface area contributed by atoms with Crippen molar-refractivity contribution in [3.63, 3.8) is 0 Å². The van der Waals surface area contributed by atoms with Crippen LogP contribution in [0.3, 0.4) is 0 Å². The van der Waals surface area contributed by atoms with Gasteiger partial charge in [-0.1, -0.05) is 18.2 Å². The van der Waals surface area contributed by atoms with Crippen molar-refractivity contribution in [2.24, 2.45) is 0 Å². The van der Waals surface area contributed by atoms with E-state index in [-0.39, 0.29) is 18.1 Å². The lowest BCUT2D eigenvalue weighted by Gasteiger charge is -2.28. The molecule has 2 heterocycles. The Hall–Kier alpha value is -2.08. The van der Waals surface area contributed by atoms with Crippen LogP contribution in [0.2, 0.25) is 0 Å². The zero-order valence-corrected chi connectivity index (χ0v) is 11.3. The fourth-order valence-electron chi connectivity index (χ4n) is 3.08. The van der Waals surface area contributed by atoms with E-state index in [1.165, 1.54) is 14.0 Å². The number of carbonyl (C=O) groups excluding carboxylic acids is 2. The third-order valence-corrected chi connectivity index (χ3v) is 3.84. The van der Waals surface area contributed by atoms with Crippen LogP contribution < -0.4 is 10.6 Å². The van der Waals surface area contributed by atoms with Gasteiger partial charge in [-0.15, -0.1) is 0 Å². The van der Waals surface area contributed by atoms with Crippen LogP contribution in [0.25, 0.3) is 0 Å². The van der Waals surface area contributed by atoms with Gasteiger partial charge in [0.05, 0.1) is 7.11 Å². The molecule has 3 rings (SSSR count). The monoisotopic (exact) mass is 276 g/mol. The smallest absolute Gasteiger partial charge is 0.323 e. The van der Waals surface area contributed by atoms with Gasteiger partial charge in [-0.05, 0) is 6.07 Å². The molecule has 0 unspecified atom stereocenters. The van der Waals surface area contributed by atoms with Crippen LogP contribution in [0.15, 0.2) is 24.3 Å². The molecule has 0 spiro atoms. The van der Waals surface area contributed by atoms with Gasteiger partial charge in [0.15, 0.2) is 5.60 Å². The van der Waals surface area contributed by atoms with Crippen molar-refractivity contribution < 1.29 is 19.1 Å². The van der Waals surface area contributed by atoms with E-state index >= 15 is 0 Å². The van der Waals surface area contributed by atoms with Gasteiger partial charge in [0.1, 0.15) is 12.2 Å². The molecule has 1 aromatic carbocycles. The lowest BCUT2D eigenvalue weighted by Crippen LogP contribution is -2.44. The van der Waals surface area contributed by atoms with Crippen molar-refractivity contribution >= 4 is 17.6 Å². The second-order valence-electron chi connectivity index (χ2n) is 5.05. The van der Waals surface area contributed by atoms with Gasteiger partial charge in [-0.3, -0.25) is 14.9 Å². The Morgan fingerprint density at radius 3 is 2.80 bits per heavy atom. The number of fused-ring (bicyclic) bond motifs is 3. The maximum atomic E-state index is 11.7. The first-order valence-electron chi connectivity index (χ1n) is 6.46. The van der Waals surface area contributed by atoms with Crippen molar-refractivity contribution in [1.29, 1.82) is 0 Å². The Bertz CT molecular complexity index is 574. The Balaban J connectivity index is 2.01. The van der Waals surface area contributed by atoms with Gasteiger partial charge in [0, 0.05) is 24.6 Å². The van der Waals surface area contributed by atoms with E-state index < -0.39 is 11.6 Å². The average molecular weight is 276 g/mol. The number of esters is 2. The SMILES string of the molecule is COC(=O)[C@H]1C[C@@]2(OC(C)=O)c3ccccc3N[C@H]2N1. The predicted octanol–water partition coefficient (Wildman–Crippen LogP) is 0.731. The topological polar surface area (TPSA) is 76.7 Å². The Morgan fingerprint density at radius 2 is 2.10 bits per heavy atom. The summed E-state index contributed by atoms with van der Waals surface area (Å²) < 4.78 is 10.4. The number of rotatable bonds is 2. The van der Waals surface area contributed by atoms with Crippen LogP contribution in [-0.4, -0.2) is 31.3 Å². The van der Waals surface area contributed by atoms with Crippen LogP contribution in [0.1, 0.15) is 18.9 Å². The zero-order chi connectivity index (χ0) is 14.3. The van der Waals surface area contributed by atoms with Gasteiger partial charge >= 0.3 is 11.9 Å². The summed E-state index contributed by atoms with van der Waals surface area (Å²) in [6.07, 6.45) is 0.0291. The van der Waals surface area contributed by atoms with Crippen LogP contribution in [-0.2, 0) is 24.7 Å². The largest absolute Gasteiger partial charge is 0.468 e. The van der Waals surface area contributed by atoms with Crippen LogP contribution in [0, 0.1) is 0 Å². The summed E-state index contributed by atoms with van der Waals surface area (Å²) in [5, 5.41) is 6.39. The van der Waals surface area contributed by atoms with E-state index in [1.54, 1.807) is 0 Å². The molecule has 2 aliphatic rings. The molecule has 106 valence electrons. The van der Waals surface area contributed by atoms with Crippen molar-refractivity contribution in [3.05, 3.63) is 29.8 Å². The number of anilines is 1. The summed E-state index contributed by atoms with van der Waals surface area (Å²) in [7, 11) is 1.35. The van der Waals surface area contributed by atoms with Gasteiger partial charge in [0.25, 0.3) is 0 Å². The van der Waals surface area contributed by atoms with Crippen LogP contribution >= 0.6 is 0 Å². The number of benzene rings is 1. The first kappa shape index (κ1) is 12.9. The lowest BCUT2D eigenvalue weighted by molar-refractivity contribution is -0.159. The first-order valence-corrected chi connectivity index (χ1v) is 6.46. The van der Waals surface area contributed by atoms with Gasteiger partial charge in [-0.25, -0.2) is 0 Å². The highest BCUT2D eigenvalue weighted by Crippen LogP contribution is 2.47. The minimum absolute atomic E-state index is 0.326. The fraction of sp³-hybridized carbons (Fsp3) is 0.429. The highest BCUT2D eigenvalue weighted by atomic mass is 16.6. The van der Waals surface area contributed by atoms with Crippen molar-refractivity contribution in [2.75, 3.05) is 12.4 Å². The maximum Gasteiger partial charge on any atom is 0.323 e. The molecule has 20 heavy (non-hydrogen) atoms. The van der Waals surface area contributed by atoms with E-state index in [1.807, 2.05) is 24.3 Å². The molecule has 0 saturated carbocycles. The summed E-state index contributed by atoms with van der Waals surface area (Å²) in [5.74, 6) is -0.731. The minimum Gasteiger partial charge on any atom is -0.468 e. The molecular formula is C14H16N2O4. The molecule has 6 heteroatoms. The second kappa shape index (κ2) is 4.49. The van der Waals surface area contributed by atoms with E-state index in [0.717, 1.165) is 11.3 Å². The maximum absolute atomic E-state index is 11.7. The third-order valence-electron chi connectivity index (χ3n) is 3.84. The average Bonchev–Trinajstić information content (AvgIpc) is 2.89. The number of para-hydroxylation sites is 1. The van der Waals surface area contributed by atoms with Gasteiger partial charge < -0.3 is 14.8 Å². The quantitative estimate of drug-likeness (QED) is 0.776. The number of carbonyl (C=O) groups is 2. The number of nitrogens with one attached hydrogen (secondary N) is 2. The van der Waals surface area contributed by atoms with E-state index in [0.29, 0.717) is 6.42 Å². The number of hydrogen-bond donors (Lipinski definition) is 2. The molecule has 1 aromatic rings. The van der Waals surface area contributed by atoms with Crippen LogP contribution in [0.5, 0.6) is 0 Å². The Kier molecular flexibility index (Phi) is 2.90. The molecular weight excluding hydrogens is 260 g/mol. The summed E-state index contributed by atoms with van der Waals surface area (Å²) >= 11 is 0. The summed E-state index contributed by atoms with van der Waals surface area (Å²) in [6, 6.07) is 7.14. The Morgan fingerprint density at radius 1 is 1.35 bits per heavy atom. The van der Waals surface area contributed by atoms with E-state index in [9.17, 15) is 9.59 Å². The molecule has 2 aliphatic heterocycles. The highest BCUT2D eigenvalue weighted by molar-refractivity contribution is 5.78. The number of hydrogen-bond acceptors (Lipinski definition) is 6. The molecule has 6 nitrogen and oxygen atoms in total. The lowest BCUT2D eigenvalue weighted by atomic mass is 9.90. The third kappa shape index (κ3) is 1.76.